The number of anilines is 1. The second-order valence-electron chi connectivity index (χ2n) is 7.04. The molecule has 168 valence electrons. The summed E-state index contributed by atoms with van der Waals surface area (Å²) in [5, 5.41) is 9.05. The Morgan fingerprint density at radius 3 is 2.70 bits per heavy atom. The number of thioether (sulfide) groups is 1. The zero-order valence-corrected chi connectivity index (χ0v) is 19.5. The van der Waals surface area contributed by atoms with Crippen molar-refractivity contribution in [2.24, 2.45) is 0 Å². The van der Waals surface area contributed by atoms with E-state index in [0.717, 1.165) is 9.77 Å². The van der Waals surface area contributed by atoms with Crippen LogP contribution >= 0.6 is 23.1 Å². The third-order valence-electron chi connectivity index (χ3n) is 4.70. The molecule has 0 saturated heterocycles. The minimum atomic E-state index is -0.517. The SMILES string of the molecule is CSc1ccccc1NC(=O)CN(C)C(=O)c1nc(-c2cccs2)n(-c2cccc(F)c2)n1. The molecular formula is C23H20FN5O2S2. The van der Waals surface area contributed by atoms with Gasteiger partial charge in [-0.25, -0.2) is 14.1 Å². The van der Waals surface area contributed by atoms with Crippen molar-refractivity contribution in [3.63, 3.8) is 0 Å². The van der Waals surface area contributed by atoms with E-state index in [0.29, 0.717) is 17.2 Å². The van der Waals surface area contributed by atoms with E-state index < -0.39 is 11.7 Å². The molecule has 0 aliphatic rings. The molecule has 0 spiro atoms. The summed E-state index contributed by atoms with van der Waals surface area (Å²) in [5.41, 5.74) is 1.13. The van der Waals surface area contributed by atoms with Gasteiger partial charge in [-0.2, -0.15) is 0 Å². The molecule has 4 aromatic rings. The maximum atomic E-state index is 13.8. The highest BCUT2D eigenvalue weighted by Gasteiger charge is 2.23. The molecule has 0 radical (unpaired) electrons. The summed E-state index contributed by atoms with van der Waals surface area (Å²) in [4.78, 5) is 32.9. The van der Waals surface area contributed by atoms with Gasteiger partial charge in [-0.1, -0.05) is 24.3 Å². The Balaban J connectivity index is 1.56. The Bertz CT molecular complexity index is 1290. The average molecular weight is 482 g/mol. The Kier molecular flexibility index (Phi) is 6.85. The monoisotopic (exact) mass is 481 g/mol. The van der Waals surface area contributed by atoms with Crippen LogP contribution in [0, 0.1) is 5.82 Å². The summed E-state index contributed by atoms with van der Waals surface area (Å²) >= 11 is 2.95. The Hall–Kier alpha value is -3.50. The number of hydrogen-bond donors (Lipinski definition) is 1. The van der Waals surface area contributed by atoms with Crippen LogP contribution in [0.25, 0.3) is 16.4 Å². The lowest BCUT2D eigenvalue weighted by atomic mass is 10.3. The molecule has 33 heavy (non-hydrogen) atoms. The number of para-hydroxylation sites is 1. The smallest absolute Gasteiger partial charge is 0.293 e. The lowest BCUT2D eigenvalue weighted by Crippen LogP contribution is -2.35. The molecule has 0 aliphatic carbocycles. The second-order valence-corrected chi connectivity index (χ2v) is 8.83. The molecule has 0 unspecified atom stereocenters. The minimum absolute atomic E-state index is 0.0810. The number of carbonyl (C=O) groups excluding carboxylic acids is 2. The number of carbonyl (C=O) groups is 2. The fraction of sp³-hybridized carbons (Fsp3) is 0.130. The van der Waals surface area contributed by atoms with Crippen LogP contribution in [0.5, 0.6) is 0 Å². The van der Waals surface area contributed by atoms with Gasteiger partial charge in [0.1, 0.15) is 5.82 Å². The predicted molar refractivity (Wildman–Crippen MR) is 128 cm³/mol. The molecule has 0 atom stereocenters. The molecule has 10 heteroatoms. The van der Waals surface area contributed by atoms with Gasteiger partial charge in [-0.15, -0.1) is 28.2 Å². The Morgan fingerprint density at radius 1 is 1.15 bits per heavy atom. The van der Waals surface area contributed by atoms with Crippen molar-refractivity contribution in [1.82, 2.24) is 19.7 Å². The van der Waals surface area contributed by atoms with Crippen LogP contribution in [0.1, 0.15) is 10.6 Å². The van der Waals surface area contributed by atoms with Gasteiger partial charge in [-0.3, -0.25) is 9.59 Å². The molecule has 2 amide bonds. The topological polar surface area (TPSA) is 80.1 Å². The Labute approximate surface area is 198 Å². The lowest BCUT2D eigenvalue weighted by molar-refractivity contribution is -0.116. The number of nitrogens with zero attached hydrogens (tertiary/aromatic N) is 4. The van der Waals surface area contributed by atoms with Gasteiger partial charge in [0.25, 0.3) is 5.91 Å². The number of halogens is 1. The van der Waals surface area contributed by atoms with E-state index >= 15 is 0 Å². The summed E-state index contributed by atoms with van der Waals surface area (Å²) < 4.78 is 15.3. The van der Waals surface area contributed by atoms with Crippen LogP contribution in [0.4, 0.5) is 10.1 Å². The van der Waals surface area contributed by atoms with E-state index in [2.05, 4.69) is 15.4 Å². The predicted octanol–water partition coefficient (Wildman–Crippen LogP) is 4.57. The quantitative estimate of drug-likeness (QED) is 0.391. The largest absolute Gasteiger partial charge is 0.330 e. The first-order valence-corrected chi connectivity index (χ1v) is 12.0. The zero-order chi connectivity index (χ0) is 23.4. The van der Waals surface area contributed by atoms with E-state index in [1.165, 1.54) is 51.9 Å². The van der Waals surface area contributed by atoms with Gasteiger partial charge in [0.05, 0.1) is 22.8 Å². The Morgan fingerprint density at radius 2 is 1.97 bits per heavy atom. The molecule has 2 aromatic carbocycles. The number of nitrogens with one attached hydrogen (secondary N) is 1. The third-order valence-corrected chi connectivity index (χ3v) is 6.36. The van der Waals surface area contributed by atoms with Crippen LogP contribution in [0.15, 0.2) is 70.9 Å². The van der Waals surface area contributed by atoms with Crippen molar-refractivity contribution in [3.8, 4) is 16.4 Å². The minimum Gasteiger partial charge on any atom is -0.330 e. The molecule has 7 nitrogen and oxygen atoms in total. The molecule has 4 rings (SSSR count). The van der Waals surface area contributed by atoms with Crippen molar-refractivity contribution < 1.29 is 14.0 Å². The molecule has 2 heterocycles. The summed E-state index contributed by atoms with van der Waals surface area (Å²) in [6.45, 7) is -0.176. The lowest BCUT2D eigenvalue weighted by Gasteiger charge is -2.16. The average Bonchev–Trinajstić information content (AvgIpc) is 3.49. The van der Waals surface area contributed by atoms with E-state index in [1.807, 2.05) is 42.0 Å². The molecule has 2 aromatic heterocycles. The molecule has 0 fully saturated rings. The first kappa shape index (κ1) is 22.7. The van der Waals surface area contributed by atoms with Crippen LogP contribution in [0.2, 0.25) is 0 Å². The van der Waals surface area contributed by atoms with Crippen LogP contribution < -0.4 is 5.32 Å². The molecular weight excluding hydrogens is 461 g/mol. The van der Waals surface area contributed by atoms with Crippen molar-refractivity contribution in [1.29, 1.82) is 0 Å². The van der Waals surface area contributed by atoms with Gasteiger partial charge in [0.15, 0.2) is 5.82 Å². The van der Waals surface area contributed by atoms with E-state index in [1.54, 1.807) is 18.2 Å². The van der Waals surface area contributed by atoms with Crippen LogP contribution in [-0.4, -0.2) is 51.3 Å². The molecule has 0 bridgehead atoms. The van der Waals surface area contributed by atoms with Gasteiger partial charge in [-0.05, 0) is 48.0 Å². The number of amides is 2. The highest BCUT2D eigenvalue weighted by Crippen LogP contribution is 2.26. The molecule has 0 aliphatic heterocycles. The summed E-state index contributed by atoms with van der Waals surface area (Å²) in [5.74, 6) is -0.938. The summed E-state index contributed by atoms with van der Waals surface area (Å²) in [7, 11) is 1.51. The maximum absolute atomic E-state index is 13.8. The van der Waals surface area contributed by atoms with Crippen LogP contribution in [-0.2, 0) is 4.79 Å². The number of hydrogen-bond acceptors (Lipinski definition) is 6. The summed E-state index contributed by atoms with van der Waals surface area (Å²) in [6.07, 6.45) is 1.92. The van der Waals surface area contributed by atoms with Gasteiger partial charge in [0, 0.05) is 11.9 Å². The van der Waals surface area contributed by atoms with E-state index in [9.17, 15) is 14.0 Å². The number of rotatable bonds is 7. The number of likely N-dealkylation sites (N-methyl/N-ethyl adjacent to an activating group) is 1. The van der Waals surface area contributed by atoms with Crippen molar-refractivity contribution in [2.45, 2.75) is 4.90 Å². The zero-order valence-electron chi connectivity index (χ0n) is 17.9. The first-order valence-electron chi connectivity index (χ1n) is 9.91. The van der Waals surface area contributed by atoms with Crippen molar-refractivity contribution in [2.75, 3.05) is 25.2 Å². The van der Waals surface area contributed by atoms with Crippen molar-refractivity contribution >= 4 is 40.6 Å². The van der Waals surface area contributed by atoms with Crippen molar-refractivity contribution in [3.05, 3.63) is 77.7 Å². The molecule has 1 N–H and O–H groups in total. The maximum Gasteiger partial charge on any atom is 0.293 e. The highest BCUT2D eigenvalue weighted by atomic mass is 32.2. The third kappa shape index (κ3) is 5.12. The highest BCUT2D eigenvalue weighted by molar-refractivity contribution is 7.98. The fourth-order valence-corrected chi connectivity index (χ4v) is 4.40. The fourth-order valence-electron chi connectivity index (χ4n) is 3.15. The first-order chi connectivity index (χ1) is 16.0. The van der Waals surface area contributed by atoms with Gasteiger partial charge >= 0.3 is 0 Å². The van der Waals surface area contributed by atoms with Gasteiger partial charge in [0.2, 0.25) is 11.7 Å². The van der Waals surface area contributed by atoms with Crippen LogP contribution in [0.3, 0.4) is 0 Å². The standard InChI is InChI=1S/C23H20FN5O2S2/c1-28(14-20(30)25-17-9-3-4-10-18(17)32-2)23(31)21-26-22(19-11-6-12-33-19)29(27-21)16-8-5-7-15(24)13-16/h3-13H,14H2,1-2H3,(H,25,30). The summed E-state index contributed by atoms with van der Waals surface area (Å²) in [6, 6.07) is 17.0. The number of aromatic nitrogens is 3. The van der Waals surface area contributed by atoms with E-state index in [-0.39, 0.29) is 18.3 Å². The second kappa shape index (κ2) is 9.97. The van der Waals surface area contributed by atoms with E-state index in [4.69, 9.17) is 0 Å². The number of thiophene rings is 1. The molecule has 0 saturated carbocycles. The van der Waals surface area contributed by atoms with Gasteiger partial charge < -0.3 is 10.2 Å². The number of benzene rings is 2. The normalized spacial score (nSPS) is 10.8.